The Balaban J connectivity index is 1.19. The minimum absolute atomic E-state index is 0.0849. The van der Waals surface area contributed by atoms with E-state index in [1.807, 2.05) is 41.3 Å². The molecule has 1 aromatic heterocycles. The third kappa shape index (κ3) is 6.86. The fourth-order valence-corrected chi connectivity index (χ4v) is 6.15. The second-order valence-electron chi connectivity index (χ2n) is 11.4. The first-order chi connectivity index (χ1) is 21.3. The zero-order chi connectivity index (χ0) is 30.6. The number of rotatable bonds is 8. The Morgan fingerprint density at radius 2 is 1.75 bits per heavy atom. The van der Waals surface area contributed by atoms with E-state index in [1.165, 1.54) is 17.7 Å². The van der Waals surface area contributed by atoms with E-state index < -0.39 is 17.2 Å². The van der Waals surface area contributed by atoms with Gasteiger partial charge in [-0.2, -0.15) is 0 Å². The van der Waals surface area contributed by atoms with Crippen LogP contribution in [0.2, 0.25) is 5.02 Å². The maximum atomic E-state index is 13.6. The molecule has 1 N–H and O–H groups in total. The van der Waals surface area contributed by atoms with Gasteiger partial charge in [0.15, 0.2) is 11.2 Å². The molecule has 3 aromatic carbocycles. The molecular formula is C35H33ClFN3O4. The summed E-state index contributed by atoms with van der Waals surface area (Å²) in [6.07, 6.45) is 5.81. The number of halogens is 2. The Morgan fingerprint density at radius 3 is 2.50 bits per heavy atom. The number of carbonyl (C=O) groups is 2. The maximum absolute atomic E-state index is 13.6. The molecule has 0 aliphatic carbocycles. The van der Waals surface area contributed by atoms with Crippen molar-refractivity contribution in [3.63, 3.8) is 0 Å². The number of piperidine rings is 1. The van der Waals surface area contributed by atoms with Gasteiger partial charge in [-0.15, -0.1) is 0 Å². The van der Waals surface area contributed by atoms with Crippen molar-refractivity contribution in [1.29, 1.82) is 0 Å². The number of anilines is 1. The monoisotopic (exact) mass is 613 g/mol. The van der Waals surface area contributed by atoms with Crippen LogP contribution in [0.4, 0.5) is 10.1 Å². The van der Waals surface area contributed by atoms with Gasteiger partial charge in [-0.25, -0.2) is 4.39 Å². The molecule has 9 heteroatoms. The van der Waals surface area contributed by atoms with Gasteiger partial charge < -0.3 is 19.5 Å². The van der Waals surface area contributed by atoms with E-state index in [0.29, 0.717) is 24.4 Å². The summed E-state index contributed by atoms with van der Waals surface area (Å²) in [5.41, 5.74) is 4.20. The van der Waals surface area contributed by atoms with Gasteiger partial charge in [0.1, 0.15) is 11.4 Å². The van der Waals surface area contributed by atoms with E-state index in [-0.39, 0.29) is 28.7 Å². The van der Waals surface area contributed by atoms with Gasteiger partial charge in [0.2, 0.25) is 5.91 Å². The molecule has 226 valence electrons. The lowest BCUT2D eigenvalue weighted by molar-refractivity contribution is -0.128. The van der Waals surface area contributed by atoms with Gasteiger partial charge in [0.25, 0.3) is 5.91 Å². The van der Waals surface area contributed by atoms with Crippen molar-refractivity contribution in [1.82, 2.24) is 10.2 Å². The number of hydrogen-bond acceptors (Lipinski definition) is 5. The Labute approximate surface area is 259 Å². The number of para-hydroxylation sites is 1. The maximum Gasteiger partial charge on any atom is 0.287 e. The van der Waals surface area contributed by atoms with Crippen LogP contribution in [-0.4, -0.2) is 42.4 Å². The van der Waals surface area contributed by atoms with Crippen molar-refractivity contribution >= 4 is 40.1 Å². The number of nitrogens with zero attached hydrogens (tertiary/aromatic N) is 2. The highest BCUT2D eigenvalue weighted by atomic mass is 35.5. The highest BCUT2D eigenvalue weighted by molar-refractivity contribution is 6.30. The van der Waals surface area contributed by atoms with E-state index >= 15 is 0 Å². The average Bonchev–Trinajstić information content (AvgIpc) is 3.43. The van der Waals surface area contributed by atoms with Crippen molar-refractivity contribution in [2.75, 3.05) is 24.5 Å². The van der Waals surface area contributed by atoms with Crippen LogP contribution < -0.4 is 15.6 Å². The lowest BCUT2D eigenvalue weighted by Crippen LogP contribution is -2.37. The molecule has 0 spiro atoms. The van der Waals surface area contributed by atoms with Gasteiger partial charge >= 0.3 is 0 Å². The number of amides is 2. The number of carbonyl (C=O) groups excluding carboxylic acids is 2. The summed E-state index contributed by atoms with van der Waals surface area (Å²) in [6.45, 7) is 3.06. The topological polar surface area (TPSA) is 82.9 Å². The molecule has 0 saturated carbocycles. The number of benzene rings is 3. The SMILES string of the molecule is O=C(N[C@H](C=C1CCN(c2ccccc2CN2CCCC2=O)CC1)Cc1ccc(Cl)cc1)c1cc(=O)c2cc(F)ccc2o1. The summed E-state index contributed by atoms with van der Waals surface area (Å²) in [7, 11) is 0. The van der Waals surface area contributed by atoms with Crippen LogP contribution in [0.3, 0.4) is 0 Å². The highest BCUT2D eigenvalue weighted by Gasteiger charge is 2.24. The van der Waals surface area contributed by atoms with Crippen molar-refractivity contribution < 1.29 is 18.4 Å². The Morgan fingerprint density at radius 1 is 0.977 bits per heavy atom. The second kappa shape index (κ2) is 13.1. The fraction of sp³-hybridized carbons (Fsp3) is 0.286. The molecule has 3 heterocycles. The lowest BCUT2D eigenvalue weighted by Gasteiger charge is -2.33. The van der Waals surface area contributed by atoms with Crippen LogP contribution in [0.1, 0.15) is 47.4 Å². The standard InChI is InChI=1S/C35H33ClFN3O4/c36-26-9-7-23(8-10-26)18-28(38-35(43)33-21-31(41)29-20-27(37)11-12-32(29)44-33)19-24-13-16-39(17-14-24)30-5-2-1-4-25(30)22-40-15-3-6-34(40)42/h1-2,4-5,7-12,19-21,28H,3,6,13-18,22H2,(H,38,43)/t28-/m0/s1. The van der Waals surface area contributed by atoms with E-state index in [4.69, 9.17) is 16.0 Å². The summed E-state index contributed by atoms with van der Waals surface area (Å²) < 4.78 is 19.3. The zero-order valence-corrected chi connectivity index (χ0v) is 25.0. The van der Waals surface area contributed by atoms with E-state index in [9.17, 15) is 18.8 Å². The van der Waals surface area contributed by atoms with E-state index in [2.05, 4.69) is 28.4 Å². The fourth-order valence-electron chi connectivity index (χ4n) is 6.02. The molecule has 2 aliphatic rings. The van der Waals surface area contributed by atoms with Crippen LogP contribution in [0.25, 0.3) is 11.0 Å². The highest BCUT2D eigenvalue weighted by Crippen LogP contribution is 2.29. The van der Waals surface area contributed by atoms with Gasteiger partial charge in [-0.1, -0.05) is 53.6 Å². The number of fused-ring (bicyclic) bond motifs is 1. The molecule has 0 bridgehead atoms. The quantitative estimate of drug-likeness (QED) is 0.237. The summed E-state index contributed by atoms with van der Waals surface area (Å²) in [4.78, 5) is 42.5. The van der Waals surface area contributed by atoms with Gasteiger partial charge in [0.05, 0.1) is 11.4 Å². The smallest absolute Gasteiger partial charge is 0.287 e. The third-order valence-corrected chi connectivity index (χ3v) is 8.56. The minimum atomic E-state index is -0.548. The molecule has 44 heavy (non-hydrogen) atoms. The van der Waals surface area contributed by atoms with Crippen molar-refractivity contribution in [2.45, 2.75) is 44.7 Å². The normalized spacial score (nSPS) is 16.0. The first-order valence-electron chi connectivity index (χ1n) is 14.9. The molecule has 0 radical (unpaired) electrons. The van der Waals surface area contributed by atoms with Crippen LogP contribution in [-0.2, 0) is 17.8 Å². The third-order valence-electron chi connectivity index (χ3n) is 8.31. The molecule has 2 saturated heterocycles. The largest absolute Gasteiger partial charge is 0.451 e. The van der Waals surface area contributed by atoms with Crippen molar-refractivity contribution in [3.8, 4) is 0 Å². The summed E-state index contributed by atoms with van der Waals surface area (Å²) in [5, 5.41) is 3.75. The predicted octanol–water partition coefficient (Wildman–Crippen LogP) is 6.28. The number of nitrogens with one attached hydrogen (secondary N) is 1. The molecule has 0 unspecified atom stereocenters. The van der Waals surface area contributed by atoms with Crippen LogP contribution >= 0.6 is 11.6 Å². The molecule has 4 aromatic rings. The van der Waals surface area contributed by atoms with Crippen molar-refractivity contribution in [3.05, 3.63) is 122 Å². The van der Waals surface area contributed by atoms with Crippen LogP contribution in [0, 0.1) is 5.82 Å². The zero-order valence-electron chi connectivity index (χ0n) is 24.2. The van der Waals surface area contributed by atoms with Crippen LogP contribution in [0.5, 0.6) is 0 Å². The first kappa shape index (κ1) is 29.6. The summed E-state index contributed by atoms with van der Waals surface area (Å²) in [5.74, 6) is -0.981. The van der Waals surface area contributed by atoms with Gasteiger partial charge in [-0.05, 0) is 73.2 Å². The Hall–Kier alpha value is -4.43. The van der Waals surface area contributed by atoms with Crippen molar-refractivity contribution in [2.24, 2.45) is 0 Å². The summed E-state index contributed by atoms with van der Waals surface area (Å²) in [6, 6.07) is 20.2. The second-order valence-corrected chi connectivity index (χ2v) is 11.8. The van der Waals surface area contributed by atoms with E-state index in [0.717, 1.165) is 67.8 Å². The lowest BCUT2D eigenvalue weighted by atomic mass is 9.97. The molecule has 6 rings (SSSR count). The Bertz CT molecular complexity index is 1780. The summed E-state index contributed by atoms with van der Waals surface area (Å²) >= 11 is 6.10. The molecule has 7 nitrogen and oxygen atoms in total. The number of hydrogen-bond donors (Lipinski definition) is 1. The van der Waals surface area contributed by atoms with Gasteiger partial charge in [0, 0.05) is 49.4 Å². The Kier molecular flexibility index (Phi) is 8.79. The van der Waals surface area contributed by atoms with E-state index in [1.54, 1.807) is 0 Å². The van der Waals surface area contributed by atoms with Crippen LogP contribution in [0.15, 0.2) is 93.7 Å². The molecule has 2 aliphatic heterocycles. The molecule has 1 atom stereocenters. The molecule has 2 fully saturated rings. The predicted molar refractivity (Wildman–Crippen MR) is 169 cm³/mol. The van der Waals surface area contributed by atoms with Gasteiger partial charge in [-0.3, -0.25) is 14.4 Å². The number of likely N-dealkylation sites (tertiary alicyclic amines) is 1. The molecular weight excluding hydrogens is 581 g/mol. The first-order valence-corrected chi connectivity index (χ1v) is 15.3. The average molecular weight is 614 g/mol. The molecule has 2 amide bonds. The minimum Gasteiger partial charge on any atom is -0.451 e.